The fourth-order valence-electron chi connectivity index (χ4n) is 2.13. The summed E-state index contributed by atoms with van der Waals surface area (Å²) in [5, 5.41) is 4.17. The lowest BCUT2D eigenvalue weighted by molar-refractivity contribution is 0.0593. The van der Waals surface area contributed by atoms with E-state index in [4.69, 9.17) is 9.47 Å². The van der Waals surface area contributed by atoms with Gasteiger partial charge < -0.3 is 14.4 Å². The minimum atomic E-state index is -0.457. The number of nitrogens with zero attached hydrogens (tertiary/aromatic N) is 4. The number of rotatable bonds is 6. The quantitative estimate of drug-likeness (QED) is 0.752. The summed E-state index contributed by atoms with van der Waals surface area (Å²) in [6, 6.07) is 3.58. The number of carbonyl (C=O) groups is 1. The van der Waals surface area contributed by atoms with Gasteiger partial charge in [-0.15, -0.1) is 0 Å². The lowest BCUT2D eigenvalue weighted by Gasteiger charge is -2.12. The van der Waals surface area contributed by atoms with Crippen molar-refractivity contribution < 1.29 is 14.3 Å². The Bertz CT molecular complexity index is 695. The topological polar surface area (TPSA) is 69.5 Å². The molecule has 0 atom stereocenters. The highest BCUT2D eigenvalue weighted by Gasteiger charge is 2.16. The monoisotopic (exact) mass is 318 g/mol. The molecule has 0 fully saturated rings. The van der Waals surface area contributed by atoms with Crippen LogP contribution in [0.15, 0.2) is 18.3 Å². The molecule has 0 saturated heterocycles. The Hall–Kier alpha value is -2.41. The first kappa shape index (κ1) is 17.0. The van der Waals surface area contributed by atoms with Gasteiger partial charge >= 0.3 is 5.97 Å². The van der Waals surface area contributed by atoms with Gasteiger partial charge in [-0.3, -0.25) is 4.68 Å². The van der Waals surface area contributed by atoms with E-state index in [2.05, 4.69) is 10.1 Å². The van der Waals surface area contributed by atoms with Crippen LogP contribution in [0.25, 0.3) is 11.3 Å². The molecule has 7 nitrogen and oxygen atoms in total. The molecule has 0 saturated carbocycles. The molecule has 0 bridgehead atoms. The normalized spacial score (nSPS) is 10.9. The van der Waals surface area contributed by atoms with Crippen molar-refractivity contribution in [3.8, 4) is 17.1 Å². The number of esters is 1. The summed E-state index contributed by atoms with van der Waals surface area (Å²) in [4.78, 5) is 18.0. The highest BCUT2D eigenvalue weighted by atomic mass is 16.5. The highest BCUT2D eigenvalue weighted by Crippen LogP contribution is 2.25. The summed E-state index contributed by atoms with van der Waals surface area (Å²) >= 11 is 0. The summed E-state index contributed by atoms with van der Waals surface area (Å²) in [7, 11) is 7.10. The largest absolute Gasteiger partial charge is 0.476 e. The molecule has 0 spiro atoms. The molecule has 0 amide bonds. The molecule has 0 radical (unpaired) electrons. The number of carbonyl (C=O) groups excluding carboxylic acids is 1. The van der Waals surface area contributed by atoms with E-state index in [9.17, 15) is 4.79 Å². The van der Waals surface area contributed by atoms with Crippen molar-refractivity contribution >= 4 is 5.97 Å². The number of likely N-dealkylation sites (N-methyl/N-ethyl adjacent to an activating group) is 1. The van der Waals surface area contributed by atoms with E-state index >= 15 is 0 Å². The van der Waals surface area contributed by atoms with Crippen molar-refractivity contribution in [1.82, 2.24) is 19.7 Å². The van der Waals surface area contributed by atoms with E-state index in [1.54, 1.807) is 24.0 Å². The Kier molecular flexibility index (Phi) is 5.33. The number of ether oxygens (including phenoxy) is 2. The van der Waals surface area contributed by atoms with E-state index in [0.29, 0.717) is 12.5 Å². The number of hydrogen-bond acceptors (Lipinski definition) is 6. The van der Waals surface area contributed by atoms with E-state index in [0.717, 1.165) is 23.4 Å². The molecule has 0 aliphatic rings. The molecular formula is C16H22N4O3. The third-order valence-corrected chi connectivity index (χ3v) is 3.42. The van der Waals surface area contributed by atoms with Crippen LogP contribution in [0.5, 0.6) is 5.88 Å². The van der Waals surface area contributed by atoms with Gasteiger partial charge in [-0.1, -0.05) is 0 Å². The van der Waals surface area contributed by atoms with Gasteiger partial charge in [0.25, 0.3) is 0 Å². The number of aryl methyl sites for hydroxylation is 2. The molecule has 0 aliphatic carbocycles. The standard InChI is InChI=1S/C16H22N4O3/c1-11-8-15(23-7-6-19(2)3)17-10-12(11)14-9-13(16(21)22-5)18-20(14)4/h8-10H,6-7H2,1-5H3. The molecule has 0 unspecified atom stereocenters. The maximum Gasteiger partial charge on any atom is 0.358 e. The average molecular weight is 318 g/mol. The van der Waals surface area contributed by atoms with E-state index in [1.165, 1.54) is 7.11 Å². The van der Waals surface area contributed by atoms with Crippen LogP contribution in [0.2, 0.25) is 0 Å². The molecule has 0 aromatic carbocycles. The fourth-order valence-corrected chi connectivity index (χ4v) is 2.13. The molecule has 0 aliphatic heterocycles. The zero-order valence-corrected chi connectivity index (χ0v) is 14.2. The number of pyridine rings is 1. The predicted molar refractivity (Wildman–Crippen MR) is 86.6 cm³/mol. The summed E-state index contributed by atoms with van der Waals surface area (Å²) in [6.45, 7) is 3.38. The van der Waals surface area contributed by atoms with Crippen LogP contribution in [0.3, 0.4) is 0 Å². The second-order valence-corrected chi connectivity index (χ2v) is 5.52. The first-order chi connectivity index (χ1) is 10.9. The molecule has 2 aromatic rings. The molecular weight excluding hydrogens is 296 g/mol. The number of aromatic nitrogens is 3. The average Bonchev–Trinajstić information content (AvgIpc) is 2.88. The van der Waals surface area contributed by atoms with Crippen molar-refractivity contribution in [3.63, 3.8) is 0 Å². The summed E-state index contributed by atoms with van der Waals surface area (Å²) in [5.74, 6) is 0.129. The summed E-state index contributed by atoms with van der Waals surface area (Å²) in [5.41, 5.74) is 2.97. The van der Waals surface area contributed by atoms with Gasteiger partial charge in [0, 0.05) is 31.4 Å². The van der Waals surface area contributed by atoms with Crippen LogP contribution in [0, 0.1) is 6.92 Å². The number of hydrogen-bond donors (Lipinski definition) is 0. The maximum atomic E-state index is 11.6. The Labute approximate surface area is 135 Å². The van der Waals surface area contributed by atoms with Crippen molar-refractivity contribution in [2.75, 3.05) is 34.4 Å². The third-order valence-electron chi connectivity index (χ3n) is 3.42. The second-order valence-electron chi connectivity index (χ2n) is 5.52. The van der Waals surface area contributed by atoms with Crippen molar-refractivity contribution in [2.24, 2.45) is 7.05 Å². The van der Waals surface area contributed by atoms with E-state index < -0.39 is 5.97 Å². The molecule has 0 N–H and O–H groups in total. The van der Waals surface area contributed by atoms with Crippen LogP contribution in [0.1, 0.15) is 16.1 Å². The van der Waals surface area contributed by atoms with Gasteiger partial charge in [0.05, 0.1) is 12.8 Å². The van der Waals surface area contributed by atoms with Gasteiger partial charge in [-0.25, -0.2) is 9.78 Å². The number of methoxy groups -OCH3 is 1. The van der Waals surface area contributed by atoms with Crippen LogP contribution in [-0.2, 0) is 11.8 Å². The van der Waals surface area contributed by atoms with Crippen LogP contribution in [0.4, 0.5) is 0 Å². The van der Waals surface area contributed by atoms with Crippen LogP contribution >= 0.6 is 0 Å². The Morgan fingerprint density at radius 3 is 2.70 bits per heavy atom. The molecule has 124 valence electrons. The molecule has 7 heteroatoms. The highest BCUT2D eigenvalue weighted by molar-refractivity contribution is 5.88. The SMILES string of the molecule is COC(=O)c1cc(-c2cnc(OCCN(C)C)cc2C)n(C)n1. The molecule has 23 heavy (non-hydrogen) atoms. The Morgan fingerprint density at radius 1 is 1.35 bits per heavy atom. The summed E-state index contributed by atoms with van der Waals surface area (Å²) in [6.07, 6.45) is 1.73. The lowest BCUT2D eigenvalue weighted by Crippen LogP contribution is -2.19. The van der Waals surface area contributed by atoms with Gasteiger partial charge in [0.1, 0.15) is 6.61 Å². The Morgan fingerprint density at radius 2 is 2.09 bits per heavy atom. The van der Waals surface area contributed by atoms with Crippen molar-refractivity contribution in [3.05, 3.63) is 29.6 Å². The molecule has 2 aromatic heterocycles. The first-order valence-electron chi connectivity index (χ1n) is 7.29. The minimum absolute atomic E-state index is 0.274. The predicted octanol–water partition coefficient (Wildman–Crippen LogP) is 1.52. The van der Waals surface area contributed by atoms with E-state index in [-0.39, 0.29) is 5.69 Å². The van der Waals surface area contributed by atoms with Crippen molar-refractivity contribution in [2.45, 2.75) is 6.92 Å². The lowest BCUT2D eigenvalue weighted by atomic mass is 10.1. The van der Waals surface area contributed by atoms with Gasteiger partial charge in [-0.2, -0.15) is 5.10 Å². The minimum Gasteiger partial charge on any atom is -0.476 e. The second kappa shape index (κ2) is 7.23. The van der Waals surface area contributed by atoms with Crippen molar-refractivity contribution in [1.29, 1.82) is 0 Å². The Balaban J connectivity index is 2.21. The molecule has 2 rings (SSSR count). The third kappa shape index (κ3) is 4.07. The maximum absolute atomic E-state index is 11.6. The van der Waals surface area contributed by atoms with Gasteiger partial charge in [0.15, 0.2) is 5.69 Å². The zero-order valence-electron chi connectivity index (χ0n) is 14.2. The fraction of sp³-hybridized carbons (Fsp3) is 0.438. The zero-order chi connectivity index (χ0) is 17.0. The van der Waals surface area contributed by atoms with Gasteiger partial charge in [-0.05, 0) is 32.6 Å². The smallest absolute Gasteiger partial charge is 0.358 e. The van der Waals surface area contributed by atoms with Crippen LogP contribution in [-0.4, -0.2) is 60.0 Å². The van der Waals surface area contributed by atoms with E-state index in [1.807, 2.05) is 32.0 Å². The molecule has 2 heterocycles. The summed E-state index contributed by atoms with van der Waals surface area (Å²) < 4.78 is 12.0. The van der Waals surface area contributed by atoms with Gasteiger partial charge in [0.2, 0.25) is 5.88 Å². The first-order valence-corrected chi connectivity index (χ1v) is 7.29. The van der Waals surface area contributed by atoms with Crippen LogP contribution < -0.4 is 4.74 Å².